The Kier molecular flexibility index (Phi) is 10.1. The zero-order chi connectivity index (χ0) is 31.8. The summed E-state index contributed by atoms with van der Waals surface area (Å²) in [5.74, 6) is 1.29. The van der Waals surface area contributed by atoms with Crippen molar-refractivity contribution in [2.75, 3.05) is 26.1 Å². The predicted octanol–water partition coefficient (Wildman–Crippen LogP) is 4.82. The number of carbonyl (C=O) groups is 1. The van der Waals surface area contributed by atoms with Gasteiger partial charge in [-0.25, -0.2) is 4.79 Å². The molecule has 2 N–H and O–H groups in total. The average Bonchev–Trinajstić information content (AvgIpc) is 3.44. The Hall–Kier alpha value is -4.77. The van der Waals surface area contributed by atoms with Crippen LogP contribution >= 0.6 is 0 Å². The van der Waals surface area contributed by atoms with Crippen molar-refractivity contribution in [2.24, 2.45) is 0 Å². The first-order valence-electron chi connectivity index (χ1n) is 14.7. The quantitative estimate of drug-likeness (QED) is 0.163. The van der Waals surface area contributed by atoms with Gasteiger partial charge in [0.25, 0.3) is 0 Å². The molecule has 1 aromatic heterocycles. The van der Waals surface area contributed by atoms with Crippen LogP contribution in [0.2, 0.25) is 0 Å². The maximum Gasteiger partial charge on any atom is 0.351 e. The first-order valence-corrected chi connectivity index (χ1v) is 14.7. The molecule has 0 spiro atoms. The van der Waals surface area contributed by atoms with E-state index in [1.807, 2.05) is 78.9 Å². The molecule has 5 rings (SSSR count). The number of rotatable bonds is 13. The summed E-state index contributed by atoms with van der Waals surface area (Å²) in [6, 6.07) is 26.7. The number of anilines is 1. The number of aliphatic hydroxyl groups is 1. The maximum atomic E-state index is 12.9. The number of allylic oxidation sites excluding steroid dienone is 1. The molecule has 0 unspecified atom stereocenters. The van der Waals surface area contributed by atoms with E-state index in [4.69, 9.17) is 18.9 Å². The van der Waals surface area contributed by atoms with Crippen molar-refractivity contribution in [1.29, 1.82) is 0 Å². The van der Waals surface area contributed by atoms with Crippen molar-refractivity contribution in [1.82, 2.24) is 9.55 Å². The number of hydrogen-bond acceptors (Lipinski definition) is 8. The molecular weight excluding hydrogens is 574 g/mol. The Morgan fingerprint density at radius 3 is 2.16 bits per heavy atom. The van der Waals surface area contributed by atoms with Crippen LogP contribution in [0.25, 0.3) is 0 Å². The number of aliphatic hydroxyl groups excluding tert-OH is 1. The van der Waals surface area contributed by atoms with Gasteiger partial charge in [0.15, 0.2) is 0 Å². The lowest BCUT2D eigenvalue weighted by molar-refractivity contribution is -0.116. The van der Waals surface area contributed by atoms with E-state index in [1.165, 1.54) is 16.8 Å². The highest BCUT2D eigenvalue weighted by Gasteiger charge is 2.42. The van der Waals surface area contributed by atoms with Crippen molar-refractivity contribution < 1.29 is 28.8 Å². The van der Waals surface area contributed by atoms with Gasteiger partial charge in [-0.05, 0) is 53.4 Å². The first kappa shape index (κ1) is 31.6. The molecule has 234 valence electrons. The molecule has 3 aromatic carbocycles. The number of methoxy groups -OCH3 is 2. The summed E-state index contributed by atoms with van der Waals surface area (Å²) >= 11 is 0. The van der Waals surface area contributed by atoms with Crippen molar-refractivity contribution in [3.63, 3.8) is 0 Å². The standard InChI is InChI=1S/C35H37N3O7/c1-4-5-11-32(40)36-31-20-21-38(34(41)37-31)33-22-29(39)30(45-33)23-44-35(24-9-7-6-8-10-24,25-12-16-27(42-2)17-13-25)26-14-18-28(43-3)19-15-26/h4,6-10,12-21,29-30,33,39H,1,5,11,22-23H2,2-3H3,(H,36,37,40,41)/t29-,30+,33+/m0/s1. The van der Waals surface area contributed by atoms with Crippen molar-refractivity contribution in [3.8, 4) is 11.5 Å². The van der Waals surface area contributed by atoms with E-state index >= 15 is 0 Å². The molecule has 0 bridgehead atoms. The number of carbonyl (C=O) groups excluding carboxylic acids is 1. The number of nitrogens with one attached hydrogen (secondary N) is 1. The number of hydrogen-bond donors (Lipinski definition) is 2. The lowest BCUT2D eigenvalue weighted by Gasteiger charge is -2.37. The second-order valence-electron chi connectivity index (χ2n) is 10.6. The van der Waals surface area contributed by atoms with Gasteiger partial charge in [-0.3, -0.25) is 9.36 Å². The van der Waals surface area contributed by atoms with E-state index in [9.17, 15) is 14.7 Å². The van der Waals surface area contributed by atoms with Crippen molar-refractivity contribution in [2.45, 2.75) is 43.3 Å². The lowest BCUT2D eigenvalue weighted by Crippen LogP contribution is -2.38. The van der Waals surface area contributed by atoms with Gasteiger partial charge in [0.05, 0.1) is 26.9 Å². The van der Waals surface area contributed by atoms with Crippen LogP contribution < -0.4 is 20.5 Å². The Balaban J connectivity index is 1.43. The largest absolute Gasteiger partial charge is 0.497 e. The van der Waals surface area contributed by atoms with Crippen LogP contribution in [0.1, 0.15) is 42.2 Å². The van der Waals surface area contributed by atoms with Crippen LogP contribution in [0.5, 0.6) is 11.5 Å². The first-order chi connectivity index (χ1) is 21.9. The molecule has 0 radical (unpaired) electrons. The molecule has 1 aliphatic heterocycles. The number of ether oxygens (including phenoxy) is 4. The number of nitrogens with zero attached hydrogens (tertiary/aromatic N) is 2. The lowest BCUT2D eigenvalue weighted by atomic mass is 9.80. The summed E-state index contributed by atoms with van der Waals surface area (Å²) in [4.78, 5) is 28.9. The van der Waals surface area contributed by atoms with Gasteiger partial charge in [-0.15, -0.1) is 6.58 Å². The molecule has 10 nitrogen and oxygen atoms in total. The minimum atomic E-state index is -1.09. The van der Waals surface area contributed by atoms with Crippen molar-refractivity contribution >= 4 is 11.7 Å². The van der Waals surface area contributed by atoms with Crippen LogP contribution in [-0.4, -0.2) is 53.6 Å². The fourth-order valence-electron chi connectivity index (χ4n) is 5.46. The van der Waals surface area contributed by atoms with Gasteiger partial charge in [0.1, 0.15) is 35.2 Å². The van der Waals surface area contributed by atoms with Gasteiger partial charge in [0.2, 0.25) is 5.91 Å². The van der Waals surface area contributed by atoms with E-state index in [2.05, 4.69) is 16.9 Å². The zero-order valence-electron chi connectivity index (χ0n) is 25.3. The Bertz CT molecular complexity index is 1590. The predicted molar refractivity (Wildman–Crippen MR) is 169 cm³/mol. The van der Waals surface area contributed by atoms with Gasteiger partial charge < -0.3 is 29.4 Å². The highest BCUT2D eigenvalue weighted by molar-refractivity contribution is 5.89. The summed E-state index contributed by atoms with van der Waals surface area (Å²) in [5.41, 5.74) is 0.857. The van der Waals surface area contributed by atoms with Gasteiger partial charge in [-0.1, -0.05) is 60.7 Å². The molecule has 45 heavy (non-hydrogen) atoms. The molecule has 1 aliphatic rings. The van der Waals surface area contributed by atoms with Crippen LogP contribution in [-0.2, 0) is 19.9 Å². The normalized spacial score (nSPS) is 17.9. The minimum Gasteiger partial charge on any atom is -0.497 e. The fraction of sp³-hybridized carbons (Fsp3) is 0.286. The Labute approximate surface area is 261 Å². The summed E-state index contributed by atoms with van der Waals surface area (Å²) in [5, 5.41) is 13.7. The van der Waals surface area contributed by atoms with E-state index in [0.717, 1.165) is 16.7 Å². The minimum absolute atomic E-state index is 0.00421. The van der Waals surface area contributed by atoms with Crippen molar-refractivity contribution in [3.05, 3.63) is 131 Å². The SMILES string of the molecule is C=CCCC(=O)Nc1ccn([C@H]2C[C@H](O)[C@@H](COC(c3ccccc3)(c3ccc(OC)cc3)c3ccc(OC)cc3)O2)c(=O)n1. The second kappa shape index (κ2) is 14.3. The molecule has 10 heteroatoms. The average molecular weight is 612 g/mol. The van der Waals surface area contributed by atoms with Gasteiger partial charge in [-0.2, -0.15) is 4.98 Å². The topological polar surface area (TPSA) is 121 Å². The summed E-state index contributed by atoms with van der Waals surface area (Å²) in [6.45, 7) is 3.61. The number of benzene rings is 3. The Morgan fingerprint density at radius 1 is 1.00 bits per heavy atom. The smallest absolute Gasteiger partial charge is 0.351 e. The fourth-order valence-corrected chi connectivity index (χ4v) is 5.46. The molecule has 4 aromatic rings. The molecule has 1 saturated heterocycles. The van der Waals surface area contributed by atoms with E-state index in [0.29, 0.717) is 17.9 Å². The third-order valence-electron chi connectivity index (χ3n) is 7.82. The van der Waals surface area contributed by atoms with E-state index < -0.39 is 29.7 Å². The molecule has 0 aliphatic carbocycles. The highest BCUT2D eigenvalue weighted by atomic mass is 16.6. The van der Waals surface area contributed by atoms with Crippen LogP contribution in [0.4, 0.5) is 5.82 Å². The monoisotopic (exact) mass is 611 g/mol. The van der Waals surface area contributed by atoms with Gasteiger partial charge >= 0.3 is 5.69 Å². The second-order valence-corrected chi connectivity index (χ2v) is 10.6. The Morgan fingerprint density at radius 2 is 1.60 bits per heavy atom. The molecular formula is C35H37N3O7. The highest BCUT2D eigenvalue weighted by Crippen LogP contribution is 2.42. The number of aromatic nitrogens is 2. The third-order valence-corrected chi connectivity index (χ3v) is 7.82. The molecule has 1 fully saturated rings. The zero-order valence-corrected chi connectivity index (χ0v) is 25.3. The van der Waals surface area contributed by atoms with Gasteiger partial charge in [0, 0.05) is 19.0 Å². The maximum absolute atomic E-state index is 12.9. The number of amides is 1. The summed E-state index contributed by atoms with van der Waals surface area (Å²) < 4.78 is 25.2. The molecule has 1 amide bonds. The summed E-state index contributed by atoms with van der Waals surface area (Å²) in [7, 11) is 3.23. The molecule has 0 saturated carbocycles. The van der Waals surface area contributed by atoms with E-state index in [-0.39, 0.29) is 31.2 Å². The van der Waals surface area contributed by atoms with E-state index in [1.54, 1.807) is 20.3 Å². The van der Waals surface area contributed by atoms with Crippen LogP contribution in [0.3, 0.4) is 0 Å². The molecule has 2 heterocycles. The molecule has 3 atom stereocenters. The van der Waals surface area contributed by atoms with Crippen LogP contribution in [0.15, 0.2) is 109 Å². The van der Waals surface area contributed by atoms with Crippen LogP contribution in [0, 0.1) is 0 Å². The third kappa shape index (κ3) is 6.99. The summed E-state index contributed by atoms with van der Waals surface area (Å²) in [6.07, 6.45) is 1.62.